The molecule has 0 saturated carbocycles. The highest BCUT2D eigenvalue weighted by atomic mass is 32.1. The monoisotopic (exact) mass is 602 g/mol. The Morgan fingerprint density at radius 2 is 1.04 bits per heavy atom. The summed E-state index contributed by atoms with van der Waals surface area (Å²) >= 11 is 1.80. The number of fused-ring (bicyclic) bond motifs is 8. The van der Waals surface area contributed by atoms with Gasteiger partial charge in [-0.2, -0.15) is 0 Å². The molecule has 8 aromatic carbocycles. The summed E-state index contributed by atoms with van der Waals surface area (Å²) in [5, 5.41) is 13.4. The molecule has 214 valence electrons. The van der Waals surface area contributed by atoms with Crippen LogP contribution in [0.15, 0.2) is 161 Å². The fourth-order valence-corrected chi connectivity index (χ4v) is 8.53. The first-order valence-corrected chi connectivity index (χ1v) is 16.6. The van der Waals surface area contributed by atoms with Gasteiger partial charge in [0.1, 0.15) is 11.2 Å². The second kappa shape index (κ2) is 9.90. The van der Waals surface area contributed by atoms with Crippen molar-refractivity contribution in [1.82, 2.24) is 0 Å². The molecule has 2 heterocycles. The fourth-order valence-electron chi connectivity index (χ4n) is 7.55. The van der Waals surface area contributed by atoms with E-state index < -0.39 is 0 Å². The first-order valence-electron chi connectivity index (χ1n) is 15.7. The summed E-state index contributed by atoms with van der Waals surface area (Å²) in [5.74, 6) is 0. The van der Waals surface area contributed by atoms with Crippen LogP contribution in [-0.2, 0) is 0 Å². The Morgan fingerprint density at radius 3 is 1.80 bits per heavy atom. The molecular weight excluding hydrogens is 577 g/mol. The Labute approximate surface area is 269 Å². The van der Waals surface area contributed by atoms with E-state index in [1.807, 2.05) is 0 Å². The van der Waals surface area contributed by atoms with E-state index in [1.54, 1.807) is 11.3 Å². The van der Waals surface area contributed by atoms with Crippen molar-refractivity contribution in [3.05, 3.63) is 157 Å². The zero-order valence-electron chi connectivity index (χ0n) is 24.8. The lowest BCUT2D eigenvalue weighted by Gasteiger charge is -2.18. The molecule has 2 aromatic heterocycles. The lowest BCUT2D eigenvalue weighted by atomic mass is 9.84. The third-order valence-electron chi connectivity index (χ3n) is 9.54. The Balaban J connectivity index is 1.26. The van der Waals surface area contributed by atoms with E-state index in [9.17, 15) is 0 Å². The van der Waals surface area contributed by atoms with Gasteiger partial charge >= 0.3 is 0 Å². The van der Waals surface area contributed by atoms with Crippen molar-refractivity contribution in [2.24, 2.45) is 0 Å². The predicted octanol–water partition coefficient (Wildman–Crippen LogP) is 13.3. The summed E-state index contributed by atoms with van der Waals surface area (Å²) in [6, 6.07) is 54.9. The maximum absolute atomic E-state index is 6.65. The molecule has 0 saturated heterocycles. The van der Waals surface area contributed by atoms with Crippen molar-refractivity contribution in [3.8, 4) is 33.4 Å². The van der Waals surface area contributed by atoms with Crippen LogP contribution in [0.25, 0.3) is 97.7 Å². The molecule has 0 N–H and O–H groups in total. The molecule has 0 bridgehead atoms. The highest BCUT2D eigenvalue weighted by molar-refractivity contribution is 7.18. The fraction of sp³-hybridized carbons (Fsp3) is 0. The van der Waals surface area contributed by atoms with Crippen molar-refractivity contribution in [2.45, 2.75) is 0 Å². The smallest absolute Gasteiger partial charge is 0.136 e. The van der Waals surface area contributed by atoms with Crippen molar-refractivity contribution < 1.29 is 4.42 Å². The first kappa shape index (κ1) is 25.6. The van der Waals surface area contributed by atoms with Crippen LogP contribution >= 0.6 is 11.3 Å². The Morgan fingerprint density at radius 1 is 0.391 bits per heavy atom. The van der Waals surface area contributed by atoms with Crippen molar-refractivity contribution in [2.75, 3.05) is 0 Å². The Bertz CT molecular complexity index is 2740. The first-order chi connectivity index (χ1) is 22.8. The highest BCUT2D eigenvalue weighted by Gasteiger charge is 2.20. The number of rotatable bonds is 3. The second-order valence-electron chi connectivity index (χ2n) is 12.0. The normalized spacial score (nSPS) is 11.9. The standard InChI is InChI=1S/C44H26OS/c1-2-11-28(12-3-1)37-26-46-40-24-23-38-43(44(37)40)36-22-21-29(25-39(36)45-38)41-32-16-6-8-18-34(32)42(35-19-9-7-17-33(35)41)31-20-10-14-27-13-4-5-15-30(27)31/h1-26H. The van der Waals surface area contributed by atoms with E-state index in [4.69, 9.17) is 4.42 Å². The number of hydrogen-bond donors (Lipinski definition) is 0. The minimum atomic E-state index is 0.913. The number of furan rings is 1. The Hall–Kier alpha value is -5.70. The summed E-state index contributed by atoms with van der Waals surface area (Å²) in [5.41, 5.74) is 9.28. The van der Waals surface area contributed by atoms with Crippen molar-refractivity contribution in [1.29, 1.82) is 0 Å². The Kier molecular flexibility index (Phi) is 5.51. The van der Waals surface area contributed by atoms with Gasteiger partial charge in [0, 0.05) is 26.4 Å². The summed E-state index contributed by atoms with van der Waals surface area (Å²) < 4.78 is 7.93. The van der Waals surface area contributed by atoms with E-state index >= 15 is 0 Å². The number of thiophene rings is 1. The van der Waals surface area contributed by atoms with Crippen LogP contribution in [0.3, 0.4) is 0 Å². The quantitative estimate of drug-likeness (QED) is 0.183. The van der Waals surface area contributed by atoms with Crippen LogP contribution in [0, 0.1) is 0 Å². The molecule has 1 nitrogen and oxygen atoms in total. The molecule has 0 unspecified atom stereocenters. The van der Waals surface area contributed by atoms with Crippen molar-refractivity contribution in [3.63, 3.8) is 0 Å². The van der Waals surface area contributed by atoms with Gasteiger partial charge in [-0.15, -0.1) is 11.3 Å². The van der Waals surface area contributed by atoms with Gasteiger partial charge in [0.05, 0.1) is 0 Å². The van der Waals surface area contributed by atoms with Crippen molar-refractivity contribution >= 4 is 75.7 Å². The van der Waals surface area contributed by atoms with Gasteiger partial charge in [0.15, 0.2) is 0 Å². The van der Waals surface area contributed by atoms with Crippen LogP contribution in [0.4, 0.5) is 0 Å². The molecular formula is C44H26OS. The zero-order valence-corrected chi connectivity index (χ0v) is 25.6. The minimum Gasteiger partial charge on any atom is -0.456 e. The summed E-state index contributed by atoms with van der Waals surface area (Å²) in [4.78, 5) is 0. The lowest BCUT2D eigenvalue weighted by Crippen LogP contribution is -1.91. The number of hydrogen-bond acceptors (Lipinski definition) is 2. The zero-order chi connectivity index (χ0) is 30.2. The topological polar surface area (TPSA) is 13.1 Å². The van der Waals surface area contributed by atoms with Gasteiger partial charge < -0.3 is 4.42 Å². The van der Waals surface area contributed by atoms with Gasteiger partial charge in [-0.3, -0.25) is 0 Å². The highest BCUT2D eigenvalue weighted by Crippen LogP contribution is 2.47. The molecule has 2 heteroatoms. The van der Waals surface area contributed by atoms with Gasteiger partial charge in [-0.05, 0) is 89.8 Å². The van der Waals surface area contributed by atoms with E-state index in [0.29, 0.717) is 0 Å². The van der Waals surface area contributed by atoms with Gasteiger partial charge in [0.25, 0.3) is 0 Å². The SMILES string of the molecule is c1ccc(-c2csc3ccc4oc5cc(-c6c7ccccc7c(-c7cccc8ccccc78)c7ccccc67)ccc5c4c23)cc1. The molecule has 0 atom stereocenters. The van der Waals surface area contributed by atoms with Gasteiger partial charge in [0.2, 0.25) is 0 Å². The van der Waals surface area contributed by atoms with Gasteiger partial charge in [-0.1, -0.05) is 127 Å². The van der Waals surface area contributed by atoms with E-state index in [-0.39, 0.29) is 0 Å². The molecule has 46 heavy (non-hydrogen) atoms. The summed E-state index contributed by atoms with van der Waals surface area (Å²) in [6.07, 6.45) is 0. The molecule has 0 aliphatic rings. The minimum absolute atomic E-state index is 0.913. The molecule has 0 radical (unpaired) electrons. The molecule has 0 fully saturated rings. The lowest BCUT2D eigenvalue weighted by molar-refractivity contribution is 0.669. The molecule has 0 spiro atoms. The number of benzene rings is 8. The average Bonchev–Trinajstić information content (AvgIpc) is 3.72. The van der Waals surface area contributed by atoms with Crippen LogP contribution in [0.1, 0.15) is 0 Å². The molecule has 10 aromatic rings. The molecule has 0 amide bonds. The van der Waals surface area contributed by atoms with Crippen LogP contribution in [0.5, 0.6) is 0 Å². The van der Waals surface area contributed by atoms with Gasteiger partial charge in [-0.25, -0.2) is 0 Å². The van der Waals surface area contributed by atoms with E-state index in [0.717, 1.165) is 22.1 Å². The molecule has 10 rings (SSSR count). The maximum atomic E-state index is 6.65. The molecule has 0 aliphatic carbocycles. The third kappa shape index (κ3) is 3.68. The summed E-state index contributed by atoms with van der Waals surface area (Å²) in [6.45, 7) is 0. The van der Waals surface area contributed by atoms with Crippen LogP contribution < -0.4 is 0 Å². The van der Waals surface area contributed by atoms with E-state index in [1.165, 1.54) is 75.6 Å². The second-order valence-corrected chi connectivity index (χ2v) is 12.9. The average molecular weight is 603 g/mol. The summed E-state index contributed by atoms with van der Waals surface area (Å²) in [7, 11) is 0. The van der Waals surface area contributed by atoms with E-state index in [2.05, 4.69) is 157 Å². The largest absolute Gasteiger partial charge is 0.456 e. The predicted molar refractivity (Wildman–Crippen MR) is 198 cm³/mol. The third-order valence-corrected chi connectivity index (χ3v) is 10.5. The van der Waals surface area contributed by atoms with Crippen LogP contribution in [0.2, 0.25) is 0 Å². The van der Waals surface area contributed by atoms with Crippen LogP contribution in [-0.4, -0.2) is 0 Å². The maximum Gasteiger partial charge on any atom is 0.136 e. The molecule has 0 aliphatic heterocycles.